The zero-order valence-electron chi connectivity index (χ0n) is 18.7. The fourth-order valence-corrected chi connectivity index (χ4v) is 4.62. The van der Waals surface area contributed by atoms with Crippen LogP contribution < -0.4 is 4.74 Å². The summed E-state index contributed by atoms with van der Waals surface area (Å²) < 4.78 is 22.1. The van der Waals surface area contributed by atoms with Crippen LogP contribution in [0.25, 0.3) is 11.2 Å². The third-order valence-electron chi connectivity index (χ3n) is 6.15. The van der Waals surface area contributed by atoms with Crippen molar-refractivity contribution in [2.75, 3.05) is 0 Å². The second kappa shape index (κ2) is 8.55. The molecule has 0 spiro atoms. The van der Waals surface area contributed by atoms with Gasteiger partial charge in [0.15, 0.2) is 0 Å². The molecule has 2 aromatic heterocycles. The number of fused-ring (bicyclic) bond motifs is 3. The number of pyridine rings is 1. The number of nitrogens with zero attached hydrogens (tertiary/aromatic N) is 3. The highest BCUT2D eigenvalue weighted by atomic mass is 19.1. The first-order valence-corrected chi connectivity index (χ1v) is 11.2. The van der Waals surface area contributed by atoms with Crippen molar-refractivity contribution in [1.29, 1.82) is 5.26 Å². The number of allylic oxidation sites excluding steroid dienone is 1. The van der Waals surface area contributed by atoms with Crippen molar-refractivity contribution in [2.45, 2.75) is 39.7 Å². The monoisotopic (exact) mass is 437 g/mol. The minimum absolute atomic E-state index is 0.316. The molecule has 0 saturated carbocycles. The predicted molar refractivity (Wildman–Crippen MR) is 126 cm³/mol. The van der Waals surface area contributed by atoms with Crippen LogP contribution in [0, 0.1) is 17.1 Å². The molecule has 164 valence electrons. The molecule has 0 radical (unpaired) electrons. The van der Waals surface area contributed by atoms with Crippen molar-refractivity contribution in [1.82, 2.24) is 9.38 Å². The van der Waals surface area contributed by atoms with Crippen molar-refractivity contribution >= 4 is 11.2 Å². The van der Waals surface area contributed by atoms with Crippen molar-refractivity contribution in [3.05, 3.63) is 106 Å². The number of hydrogen-bond acceptors (Lipinski definition) is 3. The molecule has 0 saturated heterocycles. The topological polar surface area (TPSA) is 50.3 Å². The smallest absolute Gasteiger partial charge is 0.137 e. The lowest BCUT2D eigenvalue weighted by Crippen LogP contribution is -2.02. The summed E-state index contributed by atoms with van der Waals surface area (Å²) in [5.41, 5.74) is 8.48. The highest BCUT2D eigenvalue weighted by molar-refractivity contribution is 5.88. The molecule has 0 fully saturated rings. The minimum Gasteiger partial charge on any atom is -0.488 e. The van der Waals surface area contributed by atoms with Crippen LogP contribution in [0.1, 0.15) is 53.9 Å². The van der Waals surface area contributed by atoms with Crippen molar-refractivity contribution in [2.24, 2.45) is 0 Å². The van der Waals surface area contributed by atoms with E-state index in [1.54, 1.807) is 13.0 Å². The Morgan fingerprint density at radius 1 is 1.15 bits per heavy atom. The molecular weight excluding hydrogens is 413 g/mol. The molecule has 0 unspecified atom stereocenters. The normalized spacial score (nSPS) is 14.1. The maximum atomic E-state index is 13.9. The first-order chi connectivity index (χ1) is 16.1. The minimum atomic E-state index is -0.356. The standard InChI is InChI=1S/C28H24FN3O/c1-3-6-24-25(32-12-5-4-7-27(32)31-24)14-19-8-10-22-20(13-19)17-33-26-15-21(29)9-11-23(26)28(22)18(2)16-30/h4-5,7-13,15H,3,6,14,17H2,1-2H3/b28-18+. The highest BCUT2D eigenvalue weighted by Gasteiger charge is 2.22. The van der Waals surface area contributed by atoms with Crippen molar-refractivity contribution < 1.29 is 9.13 Å². The van der Waals surface area contributed by atoms with Gasteiger partial charge >= 0.3 is 0 Å². The Labute approximate surface area is 192 Å². The number of halogens is 1. The van der Waals surface area contributed by atoms with Gasteiger partial charge in [-0.25, -0.2) is 9.37 Å². The van der Waals surface area contributed by atoms with E-state index in [-0.39, 0.29) is 5.82 Å². The molecule has 5 heteroatoms. The van der Waals surface area contributed by atoms with E-state index in [1.165, 1.54) is 17.8 Å². The summed E-state index contributed by atoms with van der Waals surface area (Å²) in [4.78, 5) is 4.84. The summed E-state index contributed by atoms with van der Waals surface area (Å²) in [7, 11) is 0. The largest absolute Gasteiger partial charge is 0.488 e. The second-order valence-corrected chi connectivity index (χ2v) is 8.39. The van der Waals surface area contributed by atoms with Gasteiger partial charge in [-0.2, -0.15) is 5.26 Å². The Morgan fingerprint density at radius 2 is 2.00 bits per heavy atom. The lowest BCUT2D eigenvalue weighted by molar-refractivity contribution is 0.305. The molecule has 0 amide bonds. The first-order valence-electron chi connectivity index (χ1n) is 11.2. The van der Waals surface area contributed by atoms with Crippen LogP contribution in [0.3, 0.4) is 0 Å². The summed E-state index contributed by atoms with van der Waals surface area (Å²) in [6, 6.07) is 19.1. The van der Waals surface area contributed by atoms with Gasteiger partial charge in [-0.15, -0.1) is 0 Å². The predicted octanol–water partition coefficient (Wildman–Crippen LogP) is 6.25. The van der Waals surface area contributed by atoms with E-state index in [0.29, 0.717) is 17.9 Å². The van der Waals surface area contributed by atoms with E-state index in [1.807, 2.05) is 18.2 Å². The Bertz CT molecular complexity index is 1440. The summed E-state index contributed by atoms with van der Waals surface area (Å²) in [6.45, 7) is 4.27. The number of ether oxygens (including phenoxy) is 1. The molecule has 0 atom stereocenters. The van der Waals surface area contributed by atoms with Crippen LogP contribution in [0.4, 0.5) is 4.39 Å². The van der Waals surface area contributed by atoms with Crippen LogP contribution in [0.15, 0.2) is 66.4 Å². The summed E-state index contributed by atoms with van der Waals surface area (Å²) in [5.74, 6) is 0.106. The van der Waals surface area contributed by atoms with E-state index >= 15 is 0 Å². The zero-order chi connectivity index (χ0) is 22.9. The SMILES string of the molecule is CCCc1nc2ccccn2c1Cc1ccc2c(c1)COc1cc(F)ccc1/C2=C(\C)C#N. The Kier molecular flexibility index (Phi) is 5.43. The number of aromatic nitrogens is 2. The number of imidazole rings is 1. The van der Waals surface area contributed by atoms with Gasteiger partial charge in [-0.1, -0.05) is 37.6 Å². The molecule has 0 N–H and O–H groups in total. The highest BCUT2D eigenvalue weighted by Crippen LogP contribution is 2.39. The molecule has 4 nitrogen and oxygen atoms in total. The van der Waals surface area contributed by atoms with Gasteiger partial charge in [0.05, 0.1) is 17.5 Å². The van der Waals surface area contributed by atoms with Gasteiger partial charge in [0.2, 0.25) is 0 Å². The molecule has 0 bridgehead atoms. The molecule has 4 aromatic rings. The van der Waals surface area contributed by atoms with Crippen LogP contribution in [-0.4, -0.2) is 9.38 Å². The van der Waals surface area contributed by atoms with Gasteiger partial charge in [0, 0.05) is 35.4 Å². The molecule has 1 aliphatic heterocycles. The Morgan fingerprint density at radius 3 is 2.82 bits per heavy atom. The van der Waals surface area contributed by atoms with Gasteiger partial charge in [-0.3, -0.25) is 0 Å². The Balaban J connectivity index is 1.60. The van der Waals surface area contributed by atoms with Crippen LogP contribution in [0.2, 0.25) is 0 Å². The molecule has 5 rings (SSSR count). The van der Waals surface area contributed by atoms with Crippen LogP contribution >= 0.6 is 0 Å². The van der Waals surface area contributed by atoms with Gasteiger partial charge < -0.3 is 9.14 Å². The molecule has 3 heterocycles. The second-order valence-electron chi connectivity index (χ2n) is 8.39. The third kappa shape index (κ3) is 3.78. The molecular formula is C28H24FN3O. The van der Waals surface area contributed by atoms with Crippen LogP contribution in [-0.2, 0) is 19.4 Å². The quantitative estimate of drug-likeness (QED) is 0.354. The number of nitriles is 1. The van der Waals surface area contributed by atoms with Crippen LogP contribution in [0.5, 0.6) is 5.75 Å². The number of aryl methyl sites for hydroxylation is 1. The van der Waals surface area contributed by atoms with Crippen molar-refractivity contribution in [3.8, 4) is 11.8 Å². The van der Waals surface area contributed by atoms with Crippen molar-refractivity contribution in [3.63, 3.8) is 0 Å². The van der Waals surface area contributed by atoms with Gasteiger partial charge in [-0.05, 0) is 54.3 Å². The third-order valence-corrected chi connectivity index (χ3v) is 6.15. The number of rotatable bonds is 4. The van der Waals surface area contributed by atoms with E-state index in [9.17, 15) is 9.65 Å². The molecule has 33 heavy (non-hydrogen) atoms. The molecule has 1 aliphatic rings. The zero-order valence-corrected chi connectivity index (χ0v) is 18.7. The van der Waals surface area contributed by atoms with Gasteiger partial charge in [0.25, 0.3) is 0 Å². The first kappa shape index (κ1) is 21.0. The number of benzene rings is 2. The lowest BCUT2D eigenvalue weighted by atomic mass is 9.89. The Hall–Kier alpha value is -3.91. The number of hydrogen-bond donors (Lipinski definition) is 0. The van der Waals surface area contributed by atoms with E-state index in [0.717, 1.165) is 58.4 Å². The lowest BCUT2D eigenvalue weighted by Gasteiger charge is -2.13. The maximum Gasteiger partial charge on any atom is 0.137 e. The summed E-state index contributed by atoms with van der Waals surface area (Å²) in [5, 5.41) is 9.66. The fraction of sp³-hybridized carbons (Fsp3) is 0.214. The maximum absolute atomic E-state index is 13.9. The fourth-order valence-electron chi connectivity index (χ4n) is 4.62. The molecule has 2 aromatic carbocycles. The van der Waals surface area contributed by atoms with E-state index < -0.39 is 0 Å². The average Bonchev–Trinajstić information content (AvgIpc) is 3.07. The summed E-state index contributed by atoms with van der Waals surface area (Å²) >= 11 is 0. The average molecular weight is 438 g/mol. The molecule has 0 aliphatic carbocycles. The van der Waals surface area contributed by atoms with Gasteiger partial charge in [0.1, 0.15) is 23.8 Å². The van der Waals surface area contributed by atoms with E-state index in [2.05, 4.69) is 41.8 Å². The summed E-state index contributed by atoms with van der Waals surface area (Å²) in [6.07, 6.45) is 4.77. The van der Waals surface area contributed by atoms with E-state index in [4.69, 9.17) is 9.72 Å².